The number of carbonyl (C=O) groups is 2. The summed E-state index contributed by atoms with van der Waals surface area (Å²) >= 11 is 0. The quantitative estimate of drug-likeness (QED) is 0.307. The van der Waals surface area contributed by atoms with E-state index in [9.17, 15) is 26.4 Å². The molecule has 0 aliphatic carbocycles. The van der Waals surface area contributed by atoms with Crippen molar-refractivity contribution in [3.8, 4) is 0 Å². The summed E-state index contributed by atoms with van der Waals surface area (Å²) in [5.74, 6) is -0.988. The SMILES string of the molecule is CC(=O)Nc1ccc(/C(C)=N\NC(=O)[C@H]2CN(S(=O)(=O)c3ccccc3)CCN2S(=O)(=O)c2ccccc2)cc1. The molecule has 2 N–H and O–H groups in total. The van der Waals surface area contributed by atoms with Crippen LogP contribution in [0.4, 0.5) is 5.69 Å². The number of nitrogens with zero attached hydrogens (tertiary/aromatic N) is 3. The molecule has 0 bridgehead atoms. The molecule has 13 heteroatoms. The minimum absolute atomic E-state index is 0.00823. The van der Waals surface area contributed by atoms with Crippen LogP contribution in [0, 0.1) is 0 Å². The number of benzene rings is 3. The first-order valence-corrected chi connectivity index (χ1v) is 15.2. The molecule has 4 rings (SSSR count). The molecule has 1 saturated heterocycles. The second kappa shape index (κ2) is 12.1. The summed E-state index contributed by atoms with van der Waals surface area (Å²) in [6, 6.07) is 20.8. The zero-order chi connectivity index (χ0) is 28.9. The standard InChI is InChI=1S/C27H29N5O6S2/c1-20(22-13-15-23(16-14-22)28-21(2)33)29-30-27(34)26-19-31(39(35,36)24-9-5-3-6-10-24)17-18-32(26)40(37,38)25-11-7-4-8-12-25/h3-16,26H,17-19H2,1-2H3,(H,28,33)(H,30,34)/b29-20-/t26-/m1/s1. The lowest BCUT2D eigenvalue weighted by atomic mass is 10.1. The van der Waals surface area contributed by atoms with Gasteiger partial charge in [0.1, 0.15) is 6.04 Å². The second-order valence-electron chi connectivity index (χ2n) is 9.05. The smallest absolute Gasteiger partial charge is 0.259 e. The Balaban J connectivity index is 1.61. The van der Waals surface area contributed by atoms with Crippen molar-refractivity contribution in [2.24, 2.45) is 5.10 Å². The first-order chi connectivity index (χ1) is 19.0. The Bertz CT molecular complexity index is 1610. The molecular weight excluding hydrogens is 554 g/mol. The molecule has 1 heterocycles. The van der Waals surface area contributed by atoms with Crippen molar-refractivity contribution in [2.45, 2.75) is 29.7 Å². The van der Waals surface area contributed by atoms with E-state index in [2.05, 4.69) is 15.8 Å². The van der Waals surface area contributed by atoms with Gasteiger partial charge in [0, 0.05) is 32.2 Å². The molecule has 0 saturated carbocycles. The van der Waals surface area contributed by atoms with Gasteiger partial charge in [-0.25, -0.2) is 22.3 Å². The van der Waals surface area contributed by atoms with Crippen LogP contribution in [0.15, 0.2) is 99.8 Å². The molecule has 210 valence electrons. The van der Waals surface area contributed by atoms with E-state index >= 15 is 0 Å². The number of amides is 2. The highest BCUT2D eigenvalue weighted by atomic mass is 32.2. The summed E-state index contributed by atoms with van der Waals surface area (Å²) < 4.78 is 55.7. The molecule has 1 atom stereocenters. The number of carbonyl (C=O) groups excluding carboxylic acids is 2. The van der Waals surface area contributed by atoms with Crippen molar-refractivity contribution in [1.82, 2.24) is 14.0 Å². The maximum absolute atomic E-state index is 13.5. The van der Waals surface area contributed by atoms with Gasteiger partial charge in [0.05, 0.1) is 15.5 Å². The molecule has 0 spiro atoms. The maximum atomic E-state index is 13.5. The van der Waals surface area contributed by atoms with Crippen molar-refractivity contribution in [3.05, 3.63) is 90.5 Å². The van der Waals surface area contributed by atoms with E-state index in [4.69, 9.17) is 0 Å². The topological polar surface area (TPSA) is 145 Å². The monoisotopic (exact) mass is 583 g/mol. The van der Waals surface area contributed by atoms with Gasteiger partial charge in [0.15, 0.2) is 0 Å². The van der Waals surface area contributed by atoms with Crippen LogP contribution in [-0.4, -0.2) is 68.6 Å². The summed E-state index contributed by atoms with van der Waals surface area (Å²) in [7, 11) is -8.11. The largest absolute Gasteiger partial charge is 0.326 e. The molecule has 0 radical (unpaired) electrons. The Hall–Kier alpha value is -3.91. The van der Waals surface area contributed by atoms with Crippen LogP contribution in [0.2, 0.25) is 0 Å². The molecular formula is C27H29N5O6S2. The number of piperazine rings is 1. The minimum atomic E-state index is -4.13. The Kier molecular flexibility index (Phi) is 8.79. The number of hydrazone groups is 1. The molecule has 0 aromatic heterocycles. The predicted molar refractivity (Wildman–Crippen MR) is 150 cm³/mol. The third kappa shape index (κ3) is 6.45. The lowest BCUT2D eigenvalue weighted by Gasteiger charge is -2.38. The van der Waals surface area contributed by atoms with Crippen molar-refractivity contribution in [2.75, 3.05) is 25.0 Å². The number of anilines is 1. The maximum Gasteiger partial charge on any atom is 0.259 e. The van der Waals surface area contributed by atoms with Crippen LogP contribution in [0.25, 0.3) is 0 Å². The normalized spacial score (nSPS) is 17.2. The first kappa shape index (κ1) is 29.1. The highest BCUT2D eigenvalue weighted by molar-refractivity contribution is 7.89. The summed E-state index contributed by atoms with van der Waals surface area (Å²) in [5, 5.41) is 6.80. The van der Waals surface area contributed by atoms with Crippen LogP contribution < -0.4 is 10.7 Å². The number of sulfonamides is 2. The fraction of sp³-hybridized carbons (Fsp3) is 0.222. The number of rotatable bonds is 8. The van der Waals surface area contributed by atoms with E-state index in [0.717, 1.165) is 8.61 Å². The molecule has 11 nitrogen and oxygen atoms in total. The van der Waals surface area contributed by atoms with E-state index in [0.29, 0.717) is 17.0 Å². The van der Waals surface area contributed by atoms with Gasteiger partial charge in [0.25, 0.3) is 5.91 Å². The van der Waals surface area contributed by atoms with Gasteiger partial charge in [-0.15, -0.1) is 0 Å². The van der Waals surface area contributed by atoms with Crippen molar-refractivity contribution in [3.63, 3.8) is 0 Å². The molecule has 1 aliphatic heterocycles. The molecule has 3 aromatic carbocycles. The predicted octanol–water partition coefficient (Wildman–Crippen LogP) is 2.25. The number of hydrogen-bond acceptors (Lipinski definition) is 7. The van der Waals surface area contributed by atoms with Crippen LogP contribution in [0.5, 0.6) is 0 Å². The van der Waals surface area contributed by atoms with Gasteiger partial charge in [-0.2, -0.15) is 13.7 Å². The zero-order valence-electron chi connectivity index (χ0n) is 21.9. The van der Waals surface area contributed by atoms with Crippen molar-refractivity contribution < 1.29 is 26.4 Å². The zero-order valence-corrected chi connectivity index (χ0v) is 23.5. The average Bonchev–Trinajstić information content (AvgIpc) is 2.96. The summed E-state index contributed by atoms with van der Waals surface area (Å²) in [6.07, 6.45) is 0. The van der Waals surface area contributed by atoms with Crippen LogP contribution in [0.1, 0.15) is 19.4 Å². The van der Waals surface area contributed by atoms with Gasteiger partial charge < -0.3 is 5.32 Å². The minimum Gasteiger partial charge on any atom is -0.326 e. The Morgan fingerprint density at radius 1 is 0.775 bits per heavy atom. The Morgan fingerprint density at radius 2 is 1.32 bits per heavy atom. The first-order valence-electron chi connectivity index (χ1n) is 12.3. The summed E-state index contributed by atoms with van der Waals surface area (Å²) in [4.78, 5) is 24.7. The van der Waals surface area contributed by atoms with Crippen LogP contribution in [0.3, 0.4) is 0 Å². The number of hydrogen-bond donors (Lipinski definition) is 2. The van der Waals surface area contributed by atoms with E-state index in [1.807, 2.05) is 0 Å². The van der Waals surface area contributed by atoms with Gasteiger partial charge in [-0.3, -0.25) is 9.59 Å². The van der Waals surface area contributed by atoms with E-state index in [1.165, 1.54) is 31.2 Å². The molecule has 2 amide bonds. The highest BCUT2D eigenvalue weighted by Crippen LogP contribution is 2.25. The lowest BCUT2D eigenvalue weighted by molar-refractivity contribution is -0.125. The van der Waals surface area contributed by atoms with Gasteiger partial charge in [-0.1, -0.05) is 48.5 Å². The highest BCUT2D eigenvalue weighted by Gasteiger charge is 2.43. The Labute approximate surface area is 233 Å². The average molecular weight is 584 g/mol. The molecule has 1 fully saturated rings. The summed E-state index contributed by atoms with van der Waals surface area (Å²) in [6.45, 7) is 2.30. The van der Waals surface area contributed by atoms with Crippen molar-refractivity contribution >= 4 is 43.3 Å². The van der Waals surface area contributed by atoms with Gasteiger partial charge in [0.2, 0.25) is 26.0 Å². The third-order valence-electron chi connectivity index (χ3n) is 6.28. The lowest BCUT2D eigenvalue weighted by Crippen LogP contribution is -2.60. The fourth-order valence-electron chi connectivity index (χ4n) is 4.21. The van der Waals surface area contributed by atoms with Gasteiger partial charge >= 0.3 is 0 Å². The van der Waals surface area contributed by atoms with E-state index in [-0.39, 0.29) is 28.8 Å². The summed E-state index contributed by atoms with van der Waals surface area (Å²) in [5.41, 5.74) is 4.08. The van der Waals surface area contributed by atoms with E-state index < -0.39 is 38.5 Å². The van der Waals surface area contributed by atoms with Crippen LogP contribution >= 0.6 is 0 Å². The third-order valence-corrected chi connectivity index (χ3v) is 10.1. The van der Waals surface area contributed by atoms with Crippen molar-refractivity contribution in [1.29, 1.82) is 0 Å². The fourth-order valence-corrected chi connectivity index (χ4v) is 7.26. The molecule has 3 aromatic rings. The van der Waals surface area contributed by atoms with Gasteiger partial charge in [-0.05, 0) is 48.9 Å². The van der Waals surface area contributed by atoms with Crippen LogP contribution in [-0.2, 0) is 29.6 Å². The molecule has 0 unspecified atom stereocenters. The number of nitrogens with one attached hydrogen (secondary N) is 2. The molecule has 40 heavy (non-hydrogen) atoms. The Morgan fingerprint density at radius 3 is 1.88 bits per heavy atom. The van der Waals surface area contributed by atoms with E-state index in [1.54, 1.807) is 67.6 Å². The molecule has 1 aliphatic rings. The second-order valence-corrected chi connectivity index (χ2v) is 12.9.